The summed E-state index contributed by atoms with van der Waals surface area (Å²) in [4.78, 5) is 4.35. The van der Waals surface area contributed by atoms with Gasteiger partial charge in [0.15, 0.2) is 0 Å². The molecule has 1 unspecified atom stereocenters. The third-order valence-corrected chi connectivity index (χ3v) is 2.59. The first-order valence-corrected chi connectivity index (χ1v) is 5.43. The predicted molar refractivity (Wildman–Crippen MR) is 62.6 cm³/mol. The van der Waals surface area contributed by atoms with Crippen molar-refractivity contribution in [3.8, 4) is 0 Å². The van der Waals surface area contributed by atoms with Crippen molar-refractivity contribution in [1.29, 1.82) is 0 Å². The van der Waals surface area contributed by atoms with Crippen LogP contribution >= 0.6 is 0 Å². The van der Waals surface area contributed by atoms with E-state index in [1.807, 2.05) is 31.5 Å². The largest absolute Gasteiger partial charge is 0.331 e. The van der Waals surface area contributed by atoms with Gasteiger partial charge < -0.3 is 10.3 Å². The number of para-hydroxylation sites is 2. The van der Waals surface area contributed by atoms with Crippen molar-refractivity contribution in [2.45, 2.75) is 32.4 Å². The Kier molecular flexibility index (Phi) is 3.02. The number of nitrogens with two attached hydrogens (primary N) is 1. The van der Waals surface area contributed by atoms with Crippen LogP contribution in [0.5, 0.6) is 0 Å². The Hall–Kier alpha value is -1.35. The SMILES string of the molecule is CC(N)CCCn1cnc2ccccc21. The summed E-state index contributed by atoms with van der Waals surface area (Å²) in [5.41, 5.74) is 8.00. The number of aryl methyl sites for hydroxylation is 1. The van der Waals surface area contributed by atoms with Gasteiger partial charge in [0.2, 0.25) is 0 Å². The van der Waals surface area contributed by atoms with Crippen LogP contribution in [0.25, 0.3) is 11.0 Å². The van der Waals surface area contributed by atoms with E-state index >= 15 is 0 Å². The predicted octanol–water partition coefficient (Wildman–Crippen LogP) is 2.16. The molecule has 3 nitrogen and oxygen atoms in total. The van der Waals surface area contributed by atoms with Crippen LogP contribution in [0.4, 0.5) is 0 Å². The molecule has 0 aliphatic rings. The number of hydrogen-bond acceptors (Lipinski definition) is 2. The number of rotatable bonds is 4. The number of benzene rings is 1. The van der Waals surface area contributed by atoms with Gasteiger partial charge in [0.05, 0.1) is 17.4 Å². The van der Waals surface area contributed by atoms with Crippen molar-refractivity contribution in [2.24, 2.45) is 5.73 Å². The summed E-state index contributed by atoms with van der Waals surface area (Å²) in [5.74, 6) is 0. The van der Waals surface area contributed by atoms with Crippen LogP contribution in [-0.4, -0.2) is 15.6 Å². The second-order valence-corrected chi connectivity index (χ2v) is 4.05. The fourth-order valence-corrected chi connectivity index (χ4v) is 1.77. The molecular formula is C12H17N3. The Morgan fingerprint density at radius 2 is 2.20 bits per heavy atom. The molecule has 2 N–H and O–H groups in total. The topological polar surface area (TPSA) is 43.8 Å². The van der Waals surface area contributed by atoms with E-state index in [1.54, 1.807) is 0 Å². The second kappa shape index (κ2) is 4.45. The smallest absolute Gasteiger partial charge is 0.0958 e. The maximum Gasteiger partial charge on any atom is 0.0958 e. The highest BCUT2D eigenvalue weighted by Gasteiger charge is 2.01. The van der Waals surface area contributed by atoms with Crippen LogP contribution in [0.1, 0.15) is 19.8 Å². The third-order valence-electron chi connectivity index (χ3n) is 2.59. The minimum Gasteiger partial charge on any atom is -0.331 e. The van der Waals surface area contributed by atoms with Crippen molar-refractivity contribution in [3.63, 3.8) is 0 Å². The number of aromatic nitrogens is 2. The quantitative estimate of drug-likeness (QED) is 0.827. The van der Waals surface area contributed by atoms with Gasteiger partial charge in [0.25, 0.3) is 0 Å². The Labute approximate surface area is 89.9 Å². The molecule has 0 saturated carbocycles. The minimum absolute atomic E-state index is 0.291. The maximum absolute atomic E-state index is 5.72. The molecule has 0 spiro atoms. The van der Waals surface area contributed by atoms with Crippen LogP contribution in [0, 0.1) is 0 Å². The molecule has 1 heterocycles. The van der Waals surface area contributed by atoms with E-state index in [-0.39, 0.29) is 0 Å². The molecule has 2 aromatic rings. The molecule has 0 radical (unpaired) electrons. The summed E-state index contributed by atoms with van der Waals surface area (Å²) in [5, 5.41) is 0. The molecule has 3 heteroatoms. The molecule has 80 valence electrons. The molecular weight excluding hydrogens is 186 g/mol. The van der Waals surface area contributed by atoms with Gasteiger partial charge in [-0.3, -0.25) is 0 Å². The van der Waals surface area contributed by atoms with Gasteiger partial charge >= 0.3 is 0 Å². The summed E-state index contributed by atoms with van der Waals surface area (Å²) in [6, 6.07) is 8.50. The van der Waals surface area contributed by atoms with Gasteiger partial charge in [0.1, 0.15) is 0 Å². The van der Waals surface area contributed by atoms with Gasteiger partial charge in [0, 0.05) is 12.6 Å². The Bertz CT molecular complexity index is 431. The summed E-state index contributed by atoms with van der Waals surface area (Å²) >= 11 is 0. The van der Waals surface area contributed by atoms with E-state index in [0.29, 0.717) is 6.04 Å². The van der Waals surface area contributed by atoms with E-state index in [9.17, 15) is 0 Å². The number of nitrogens with zero attached hydrogens (tertiary/aromatic N) is 2. The molecule has 2 rings (SSSR count). The molecule has 0 saturated heterocycles. The lowest BCUT2D eigenvalue weighted by molar-refractivity contribution is 0.565. The van der Waals surface area contributed by atoms with E-state index in [0.717, 1.165) is 24.9 Å². The summed E-state index contributed by atoms with van der Waals surface area (Å²) in [7, 11) is 0. The Morgan fingerprint density at radius 3 is 3.00 bits per heavy atom. The van der Waals surface area contributed by atoms with Crippen LogP contribution in [0.3, 0.4) is 0 Å². The highest BCUT2D eigenvalue weighted by atomic mass is 15.0. The summed E-state index contributed by atoms with van der Waals surface area (Å²) < 4.78 is 2.19. The molecule has 1 aromatic heterocycles. The van der Waals surface area contributed by atoms with E-state index in [1.165, 1.54) is 5.52 Å². The summed E-state index contributed by atoms with van der Waals surface area (Å²) in [6.45, 7) is 3.05. The lowest BCUT2D eigenvalue weighted by atomic mass is 10.2. The van der Waals surface area contributed by atoms with Crippen molar-refractivity contribution in [2.75, 3.05) is 0 Å². The molecule has 0 bridgehead atoms. The molecule has 1 atom stereocenters. The van der Waals surface area contributed by atoms with Gasteiger partial charge in [-0.25, -0.2) is 4.98 Å². The number of fused-ring (bicyclic) bond motifs is 1. The number of imidazole rings is 1. The highest BCUT2D eigenvalue weighted by molar-refractivity contribution is 5.74. The standard InChI is InChI=1S/C12H17N3/c1-10(13)5-4-8-15-9-14-11-6-2-3-7-12(11)15/h2-3,6-7,9-10H,4-5,8,13H2,1H3. The zero-order valence-electron chi connectivity index (χ0n) is 9.06. The fourth-order valence-electron chi connectivity index (χ4n) is 1.77. The van der Waals surface area contributed by atoms with Crippen molar-refractivity contribution < 1.29 is 0 Å². The maximum atomic E-state index is 5.72. The first kappa shape index (κ1) is 10.2. The van der Waals surface area contributed by atoms with Crippen LogP contribution in [0.15, 0.2) is 30.6 Å². The molecule has 0 fully saturated rings. The van der Waals surface area contributed by atoms with Gasteiger partial charge in [-0.2, -0.15) is 0 Å². The molecule has 0 amide bonds. The highest BCUT2D eigenvalue weighted by Crippen LogP contribution is 2.12. The van der Waals surface area contributed by atoms with Crippen LogP contribution in [-0.2, 0) is 6.54 Å². The summed E-state index contributed by atoms with van der Waals surface area (Å²) in [6.07, 6.45) is 4.08. The van der Waals surface area contributed by atoms with E-state index in [2.05, 4.69) is 15.6 Å². The van der Waals surface area contributed by atoms with Crippen molar-refractivity contribution in [3.05, 3.63) is 30.6 Å². The van der Waals surface area contributed by atoms with Crippen molar-refractivity contribution in [1.82, 2.24) is 9.55 Å². The van der Waals surface area contributed by atoms with Gasteiger partial charge in [-0.15, -0.1) is 0 Å². The first-order chi connectivity index (χ1) is 7.27. The van der Waals surface area contributed by atoms with Gasteiger partial charge in [-0.1, -0.05) is 12.1 Å². The lowest BCUT2D eigenvalue weighted by Gasteiger charge is -2.06. The second-order valence-electron chi connectivity index (χ2n) is 4.05. The lowest BCUT2D eigenvalue weighted by Crippen LogP contribution is -2.15. The molecule has 1 aromatic carbocycles. The van der Waals surface area contributed by atoms with Crippen LogP contribution in [0.2, 0.25) is 0 Å². The Balaban J connectivity index is 2.08. The van der Waals surface area contributed by atoms with Crippen LogP contribution < -0.4 is 5.73 Å². The fraction of sp³-hybridized carbons (Fsp3) is 0.417. The third kappa shape index (κ3) is 2.36. The van der Waals surface area contributed by atoms with Gasteiger partial charge in [-0.05, 0) is 31.9 Å². The minimum atomic E-state index is 0.291. The Morgan fingerprint density at radius 1 is 1.40 bits per heavy atom. The normalized spacial score (nSPS) is 13.2. The first-order valence-electron chi connectivity index (χ1n) is 5.43. The zero-order valence-corrected chi connectivity index (χ0v) is 9.06. The molecule has 0 aliphatic heterocycles. The van der Waals surface area contributed by atoms with E-state index < -0.39 is 0 Å². The molecule has 15 heavy (non-hydrogen) atoms. The number of hydrogen-bond donors (Lipinski definition) is 1. The average Bonchev–Trinajstić information content (AvgIpc) is 2.62. The van der Waals surface area contributed by atoms with E-state index in [4.69, 9.17) is 5.73 Å². The van der Waals surface area contributed by atoms with Crippen molar-refractivity contribution >= 4 is 11.0 Å². The molecule has 0 aliphatic carbocycles. The monoisotopic (exact) mass is 203 g/mol. The average molecular weight is 203 g/mol. The zero-order chi connectivity index (χ0) is 10.7.